The van der Waals surface area contributed by atoms with Crippen molar-refractivity contribution in [3.05, 3.63) is 29.8 Å². The van der Waals surface area contributed by atoms with Gasteiger partial charge in [0.05, 0.1) is 13.2 Å². The molecule has 0 spiro atoms. The van der Waals surface area contributed by atoms with Crippen molar-refractivity contribution in [1.82, 2.24) is 15.1 Å². The molecule has 1 fully saturated rings. The van der Waals surface area contributed by atoms with Gasteiger partial charge in [-0.1, -0.05) is 18.2 Å². The largest absolute Gasteiger partial charge is 0.491 e. The normalized spacial score (nSPS) is 16.3. The van der Waals surface area contributed by atoms with Crippen LogP contribution in [0.3, 0.4) is 0 Å². The van der Waals surface area contributed by atoms with Gasteiger partial charge in [0.25, 0.3) is 0 Å². The summed E-state index contributed by atoms with van der Waals surface area (Å²) in [5, 5.41) is 3.39. The van der Waals surface area contributed by atoms with Crippen molar-refractivity contribution in [3.63, 3.8) is 0 Å². The molecule has 0 saturated carbocycles. The van der Waals surface area contributed by atoms with Gasteiger partial charge in [0.1, 0.15) is 18.9 Å². The molecule has 0 radical (unpaired) electrons. The first-order valence-electron chi connectivity index (χ1n) is 9.43. The van der Waals surface area contributed by atoms with E-state index >= 15 is 0 Å². The minimum Gasteiger partial charge on any atom is -0.491 e. The van der Waals surface area contributed by atoms with Crippen LogP contribution in [0.15, 0.2) is 29.3 Å². The van der Waals surface area contributed by atoms with Gasteiger partial charge in [0, 0.05) is 40.2 Å². The zero-order chi connectivity index (χ0) is 19.6. The summed E-state index contributed by atoms with van der Waals surface area (Å²) in [6.45, 7) is 5.74. The summed E-state index contributed by atoms with van der Waals surface area (Å²) in [6, 6.07) is 7.97. The minimum absolute atomic E-state index is 0. The molecule has 2 rings (SSSR count). The zero-order valence-electron chi connectivity index (χ0n) is 17.3. The van der Waals surface area contributed by atoms with Crippen LogP contribution in [0, 0.1) is 12.8 Å². The van der Waals surface area contributed by atoms with Crippen LogP contribution in [0.1, 0.15) is 12.0 Å². The van der Waals surface area contributed by atoms with Crippen molar-refractivity contribution in [2.75, 3.05) is 60.6 Å². The number of hydrogen-bond acceptors (Lipinski definition) is 4. The van der Waals surface area contributed by atoms with Crippen LogP contribution in [-0.2, 0) is 9.53 Å². The van der Waals surface area contributed by atoms with E-state index in [9.17, 15) is 4.79 Å². The Kier molecular flexibility index (Phi) is 11.2. The first kappa shape index (κ1) is 24.5. The third-order valence-electron chi connectivity index (χ3n) is 4.58. The molecule has 0 aliphatic carbocycles. The maximum absolute atomic E-state index is 11.9. The first-order chi connectivity index (χ1) is 13.0. The molecule has 0 bridgehead atoms. The first-order valence-corrected chi connectivity index (χ1v) is 9.43. The highest BCUT2D eigenvalue weighted by atomic mass is 127. The summed E-state index contributed by atoms with van der Waals surface area (Å²) in [5.74, 6) is 2.06. The van der Waals surface area contributed by atoms with E-state index in [1.54, 1.807) is 19.0 Å². The van der Waals surface area contributed by atoms with E-state index in [0.29, 0.717) is 25.0 Å². The van der Waals surface area contributed by atoms with Crippen LogP contribution >= 0.6 is 24.0 Å². The van der Waals surface area contributed by atoms with Crippen molar-refractivity contribution in [2.45, 2.75) is 13.3 Å². The lowest BCUT2D eigenvalue weighted by Gasteiger charge is -2.24. The Morgan fingerprint density at radius 3 is 2.71 bits per heavy atom. The Hall–Kier alpha value is -1.55. The molecule has 7 nitrogen and oxygen atoms in total. The van der Waals surface area contributed by atoms with Gasteiger partial charge < -0.3 is 24.6 Å². The molecule has 1 saturated heterocycles. The molecule has 8 heteroatoms. The van der Waals surface area contributed by atoms with Crippen molar-refractivity contribution in [1.29, 1.82) is 0 Å². The summed E-state index contributed by atoms with van der Waals surface area (Å²) in [4.78, 5) is 19.9. The molecule has 1 heterocycles. The highest BCUT2D eigenvalue weighted by Gasteiger charge is 2.17. The van der Waals surface area contributed by atoms with E-state index in [1.807, 2.05) is 43.1 Å². The van der Waals surface area contributed by atoms with Crippen molar-refractivity contribution in [3.8, 4) is 5.75 Å². The fourth-order valence-corrected chi connectivity index (χ4v) is 2.69. The quantitative estimate of drug-likeness (QED) is 0.334. The third-order valence-corrected chi connectivity index (χ3v) is 4.58. The van der Waals surface area contributed by atoms with Gasteiger partial charge in [-0.2, -0.15) is 0 Å². The minimum atomic E-state index is -0.0249. The number of guanidine groups is 1. The topological polar surface area (TPSA) is 66.4 Å². The van der Waals surface area contributed by atoms with Crippen LogP contribution in [0.4, 0.5) is 0 Å². The number of rotatable bonds is 8. The highest BCUT2D eigenvalue weighted by Crippen LogP contribution is 2.16. The van der Waals surface area contributed by atoms with Gasteiger partial charge in [-0.25, -0.2) is 4.99 Å². The molecule has 1 N–H and O–H groups in total. The van der Waals surface area contributed by atoms with Gasteiger partial charge in [-0.15, -0.1) is 24.0 Å². The average Bonchev–Trinajstić information content (AvgIpc) is 3.16. The molecule has 0 aromatic heterocycles. The molecular weight excluding hydrogens is 471 g/mol. The summed E-state index contributed by atoms with van der Waals surface area (Å²) in [6.07, 6.45) is 1.05. The van der Waals surface area contributed by atoms with E-state index in [1.165, 1.54) is 0 Å². The van der Waals surface area contributed by atoms with E-state index in [2.05, 4.69) is 10.3 Å². The highest BCUT2D eigenvalue weighted by molar-refractivity contribution is 14.0. The number of aryl methyl sites for hydroxylation is 1. The van der Waals surface area contributed by atoms with Gasteiger partial charge in [0.2, 0.25) is 5.91 Å². The lowest BCUT2D eigenvalue weighted by molar-refractivity contribution is -0.127. The average molecular weight is 504 g/mol. The van der Waals surface area contributed by atoms with E-state index < -0.39 is 0 Å². The standard InChI is InChI=1S/C20H32N4O3.HI/c1-16-7-5-6-8-18(16)27-12-10-24(4)20(22-14-19(25)23(2)3)21-13-17-9-11-26-15-17;/h5-8,17H,9-15H2,1-4H3,(H,21,22);1H. The smallest absolute Gasteiger partial charge is 0.243 e. The number of para-hydroxylation sites is 1. The second-order valence-electron chi connectivity index (χ2n) is 7.07. The lowest BCUT2D eigenvalue weighted by atomic mass is 10.1. The molecule has 158 valence electrons. The maximum Gasteiger partial charge on any atom is 0.243 e. The van der Waals surface area contributed by atoms with E-state index in [-0.39, 0.29) is 36.4 Å². The number of halogens is 1. The Labute approximate surface area is 185 Å². The van der Waals surface area contributed by atoms with Gasteiger partial charge >= 0.3 is 0 Å². The molecule has 28 heavy (non-hydrogen) atoms. The second kappa shape index (κ2) is 12.8. The SMILES string of the molecule is Cc1ccccc1OCCN(C)C(=NCC(=O)N(C)C)NCC1CCOC1.I. The van der Waals surface area contributed by atoms with Crippen LogP contribution < -0.4 is 10.1 Å². The van der Waals surface area contributed by atoms with Gasteiger partial charge in [0.15, 0.2) is 5.96 Å². The van der Waals surface area contributed by atoms with Crippen molar-refractivity contribution < 1.29 is 14.3 Å². The van der Waals surface area contributed by atoms with Crippen LogP contribution in [0.5, 0.6) is 5.75 Å². The molecule has 1 aromatic carbocycles. The van der Waals surface area contributed by atoms with E-state index in [0.717, 1.165) is 37.5 Å². The molecule has 1 aliphatic heterocycles. The fourth-order valence-electron chi connectivity index (χ4n) is 2.69. The van der Waals surface area contributed by atoms with Gasteiger partial charge in [-0.05, 0) is 25.0 Å². The Morgan fingerprint density at radius 1 is 1.32 bits per heavy atom. The van der Waals surface area contributed by atoms with Crippen LogP contribution in [0.25, 0.3) is 0 Å². The van der Waals surface area contributed by atoms with Crippen molar-refractivity contribution >= 4 is 35.8 Å². The van der Waals surface area contributed by atoms with Crippen LogP contribution in [0.2, 0.25) is 0 Å². The Bertz CT molecular complexity index is 634. The number of likely N-dealkylation sites (N-methyl/N-ethyl adjacent to an activating group) is 2. The third kappa shape index (κ3) is 8.22. The predicted molar refractivity (Wildman–Crippen MR) is 123 cm³/mol. The summed E-state index contributed by atoms with van der Waals surface area (Å²) < 4.78 is 11.3. The summed E-state index contributed by atoms with van der Waals surface area (Å²) in [7, 11) is 5.43. The lowest BCUT2D eigenvalue weighted by Crippen LogP contribution is -2.43. The molecule has 1 unspecified atom stereocenters. The second-order valence-corrected chi connectivity index (χ2v) is 7.07. The number of nitrogens with one attached hydrogen (secondary N) is 1. The number of benzene rings is 1. The predicted octanol–water partition coefficient (Wildman–Crippen LogP) is 1.99. The zero-order valence-corrected chi connectivity index (χ0v) is 19.6. The number of carbonyl (C=O) groups excluding carboxylic acids is 1. The number of nitrogens with zero attached hydrogens (tertiary/aromatic N) is 3. The van der Waals surface area contributed by atoms with E-state index in [4.69, 9.17) is 9.47 Å². The fraction of sp³-hybridized carbons (Fsp3) is 0.600. The van der Waals surface area contributed by atoms with Gasteiger partial charge in [-0.3, -0.25) is 4.79 Å². The summed E-state index contributed by atoms with van der Waals surface area (Å²) >= 11 is 0. The number of carbonyl (C=O) groups is 1. The van der Waals surface area contributed by atoms with Crippen LogP contribution in [-0.4, -0.2) is 82.3 Å². The number of aliphatic imine (C=N–C) groups is 1. The molecule has 1 atom stereocenters. The Balaban J connectivity index is 0.00000392. The molecule has 1 aliphatic rings. The number of hydrogen-bond donors (Lipinski definition) is 1. The molecular formula is C20H33IN4O3. The molecule has 1 aromatic rings. The Morgan fingerprint density at radius 2 is 2.07 bits per heavy atom. The molecule has 1 amide bonds. The number of ether oxygens (including phenoxy) is 2. The number of amides is 1. The monoisotopic (exact) mass is 504 g/mol. The van der Waals surface area contributed by atoms with Crippen molar-refractivity contribution in [2.24, 2.45) is 10.9 Å². The summed E-state index contributed by atoms with van der Waals surface area (Å²) in [5.41, 5.74) is 1.12. The maximum atomic E-state index is 11.9.